The molecular formula is C25H28N2O5S. The molecule has 7 nitrogen and oxygen atoms in total. The van der Waals surface area contributed by atoms with Crippen molar-refractivity contribution in [3.05, 3.63) is 77.9 Å². The molecule has 0 radical (unpaired) electrons. The Labute approximate surface area is 195 Å². The molecule has 8 heteroatoms. The van der Waals surface area contributed by atoms with Crippen molar-refractivity contribution in [2.24, 2.45) is 0 Å². The van der Waals surface area contributed by atoms with Gasteiger partial charge in [0.05, 0.1) is 30.0 Å². The average Bonchev–Trinajstić information content (AvgIpc) is 2.79. The average molecular weight is 469 g/mol. The van der Waals surface area contributed by atoms with E-state index in [9.17, 15) is 13.2 Å². The van der Waals surface area contributed by atoms with Crippen LogP contribution in [0.3, 0.4) is 0 Å². The van der Waals surface area contributed by atoms with Gasteiger partial charge in [0.1, 0.15) is 18.0 Å². The Balaban J connectivity index is 2.02. The number of ether oxygens (including phenoxy) is 2. The first kappa shape index (κ1) is 24.1. The number of hydrogen-bond donors (Lipinski definition) is 1. The third-order valence-electron chi connectivity index (χ3n) is 4.96. The van der Waals surface area contributed by atoms with Gasteiger partial charge >= 0.3 is 0 Å². The first-order chi connectivity index (χ1) is 15.8. The number of sulfonamides is 1. The number of carbonyl (C=O) groups excluding carboxylic acids is 1. The molecule has 0 aliphatic heterocycles. The van der Waals surface area contributed by atoms with E-state index >= 15 is 0 Å². The number of amides is 1. The van der Waals surface area contributed by atoms with Crippen LogP contribution in [0.25, 0.3) is 0 Å². The molecule has 174 valence electrons. The van der Waals surface area contributed by atoms with E-state index in [1.165, 1.54) is 19.2 Å². The standard InChI is InChI=1S/C25H28N2O5S/c1-5-32-24-9-7-6-8-22(24)27(33(29,30)20-13-10-18(2)11-14-20)17-25(28)26-21-16-19(3)12-15-23(21)31-4/h6-16H,5,17H2,1-4H3,(H,26,28). The first-order valence-electron chi connectivity index (χ1n) is 10.5. The molecule has 0 saturated carbocycles. The van der Waals surface area contributed by atoms with Gasteiger partial charge < -0.3 is 14.8 Å². The van der Waals surface area contributed by atoms with Gasteiger partial charge in [-0.05, 0) is 62.7 Å². The van der Waals surface area contributed by atoms with Crippen molar-refractivity contribution < 1.29 is 22.7 Å². The summed E-state index contributed by atoms with van der Waals surface area (Å²) in [6, 6.07) is 18.6. The predicted molar refractivity (Wildman–Crippen MR) is 130 cm³/mol. The maximum atomic E-state index is 13.6. The Morgan fingerprint density at radius 1 is 0.939 bits per heavy atom. The third kappa shape index (κ3) is 5.64. The van der Waals surface area contributed by atoms with Crippen LogP contribution >= 0.6 is 0 Å². The van der Waals surface area contributed by atoms with Crippen molar-refractivity contribution in [3.8, 4) is 11.5 Å². The molecule has 1 amide bonds. The Bertz CT molecular complexity index is 1220. The third-order valence-corrected chi connectivity index (χ3v) is 6.73. The summed E-state index contributed by atoms with van der Waals surface area (Å²) < 4.78 is 39.3. The van der Waals surface area contributed by atoms with Gasteiger partial charge in [-0.25, -0.2) is 8.42 Å². The highest BCUT2D eigenvalue weighted by Crippen LogP contribution is 2.33. The van der Waals surface area contributed by atoms with Crippen molar-refractivity contribution in [3.63, 3.8) is 0 Å². The van der Waals surface area contributed by atoms with Crippen LogP contribution in [-0.4, -0.2) is 34.6 Å². The van der Waals surface area contributed by atoms with Crippen LogP contribution in [0.15, 0.2) is 71.6 Å². The molecule has 0 aliphatic carbocycles. The topological polar surface area (TPSA) is 84.9 Å². The van der Waals surface area contributed by atoms with Crippen molar-refractivity contribution in [1.82, 2.24) is 0 Å². The summed E-state index contributed by atoms with van der Waals surface area (Å²) >= 11 is 0. The number of benzene rings is 3. The largest absolute Gasteiger partial charge is 0.495 e. The molecule has 3 rings (SSSR count). The van der Waals surface area contributed by atoms with Gasteiger partial charge in [-0.2, -0.15) is 0 Å². The van der Waals surface area contributed by atoms with Crippen molar-refractivity contribution >= 4 is 27.3 Å². The Morgan fingerprint density at radius 3 is 2.27 bits per heavy atom. The number of anilines is 2. The molecule has 0 atom stereocenters. The lowest BCUT2D eigenvalue weighted by Crippen LogP contribution is -2.38. The minimum absolute atomic E-state index is 0.0836. The maximum Gasteiger partial charge on any atom is 0.264 e. The SMILES string of the molecule is CCOc1ccccc1N(CC(=O)Nc1cc(C)ccc1OC)S(=O)(=O)c1ccc(C)cc1. The number of para-hydroxylation sites is 2. The fourth-order valence-electron chi connectivity index (χ4n) is 3.32. The molecule has 1 N–H and O–H groups in total. The number of carbonyl (C=O) groups is 1. The van der Waals surface area contributed by atoms with Crippen LogP contribution in [0.1, 0.15) is 18.1 Å². The molecule has 0 aromatic heterocycles. The molecule has 33 heavy (non-hydrogen) atoms. The van der Waals surface area contributed by atoms with E-state index in [1.807, 2.05) is 26.8 Å². The fourth-order valence-corrected chi connectivity index (χ4v) is 4.75. The van der Waals surface area contributed by atoms with Crippen LogP contribution in [0.5, 0.6) is 11.5 Å². The van der Waals surface area contributed by atoms with E-state index in [1.54, 1.807) is 48.5 Å². The zero-order valence-corrected chi connectivity index (χ0v) is 20.0. The van der Waals surface area contributed by atoms with Crippen LogP contribution in [0.2, 0.25) is 0 Å². The summed E-state index contributed by atoms with van der Waals surface area (Å²) in [4.78, 5) is 13.1. The number of aryl methyl sites for hydroxylation is 2. The van der Waals surface area contributed by atoms with E-state index in [-0.39, 0.29) is 10.6 Å². The highest BCUT2D eigenvalue weighted by atomic mass is 32.2. The number of nitrogens with zero attached hydrogens (tertiary/aromatic N) is 1. The molecule has 0 aliphatic rings. The molecular weight excluding hydrogens is 440 g/mol. The lowest BCUT2D eigenvalue weighted by atomic mass is 10.2. The molecule has 3 aromatic carbocycles. The zero-order chi connectivity index (χ0) is 24.0. The molecule has 0 heterocycles. The summed E-state index contributed by atoms with van der Waals surface area (Å²) in [7, 11) is -2.55. The van der Waals surface area contributed by atoms with Crippen LogP contribution < -0.4 is 19.1 Å². The number of rotatable bonds is 9. The number of methoxy groups -OCH3 is 1. The van der Waals surface area contributed by atoms with E-state index < -0.39 is 22.5 Å². The molecule has 3 aromatic rings. The Kier molecular flexibility index (Phi) is 7.60. The van der Waals surface area contributed by atoms with E-state index in [0.29, 0.717) is 23.8 Å². The minimum Gasteiger partial charge on any atom is -0.495 e. The minimum atomic E-state index is -4.06. The van der Waals surface area contributed by atoms with Crippen molar-refractivity contribution in [2.45, 2.75) is 25.7 Å². The Morgan fingerprint density at radius 2 is 1.61 bits per heavy atom. The fraction of sp³-hybridized carbons (Fsp3) is 0.240. The van der Waals surface area contributed by atoms with Crippen molar-refractivity contribution in [1.29, 1.82) is 0 Å². The second-order valence-electron chi connectivity index (χ2n) is 7.48. The van der Waals surface area contributed by atoms with Gasteiger partial charge in [0.2, 0.25) is 5.91 Å². The van der Waals surface area contributed by atoms with Gasteiger partial charge in [-0.15, -0.1) is 0 Å². The normalized spacial score (nSPS) is 11.0. The Hall–Kier alpha value is -3.52. The number of nitrogens with one attached hydrogen (secondary N) is 1. The summed E-state index contributed by atoms with van der Waals surface area (Å²) in [5.41, 5.74) is 2.61. The maximum absolute atomic E-state index is 13.6. The van der Waals surface area contributed by atoms with Gasteiger partial charge in [0, 0.05) is 0 Å². The van der Waals surface area contributed by atoms with Gasteiger partial charge in [-0.1, -0.05) is 35.9 Å². The molecule has 0 unspecified atom stereocenters. The number of hydrogen-bond acceptors (Lipinski definition) is 5. The smallest absolute Gasteiger partial charge is 0.264 e. The van der Waals surface area contributed by atoms with Gasteiger partial charge in [-0.3, -0.25) is 9.10 Å². The summed E-state index contributed by atoms with van der Waals surface area (Å²) in [6.45, 7) is 5.48. The summed E-state index contributed by atoms with van der Waals surface area (Å²) in [5.74, 6) is 0.342. The van der Waals surface area contributed by atoms with Crippen LogP contribution in [0, 0.1) is 13.8 Å². The predicted octanol–water partition coefficient (Wildman–Crippen LogP) is 4.54. The van der Waals surface area contributed by atoms with Gasteiger partial charge in [0.25, 0.3) is 10.0 Å². The monoisotopic (exact) mass is 468 g/mol. The highest BCUT2D eigenvalue weighted by Gasteiger charge is 2.29. The van der Waals surface area contributed by atoms with Crippen LogP contribution in [0.4, 0.5) is 11.4 Å². The molecule has 0 fully saturated rings. The summed E-state index contributed by atoms with van der Waals surface area (Å²) in [6.07, 6.45) is 0. The lowest BCUT2D eigenvalue weighted by molar-refractivity contribution is -0.114. The second kappa shape index (κ2) is 10.4. The van der Waals surface area contributed by atoms with E-state index in [2.05, 4.69) is 5.32 Å². The van der Waals surface area contributed by atoms with Crippen LogP contribution in [-0.2, 0) is 14.8 Å². The molecule has 0 bridgehead atoms. The molecule has 0 saturated heterocycles. The summed E-state index contributed by atoms with van der Waals surface area (Å²) in [5, 5.41) is 2.78. The zero-order valence-electron chi connectivity index (χ0n) is 19.2. The van der Waals surface area contributed by atoms with Crippen molar-refractivity contribution in [2.75, 3.05) is 29.9 Å². The quantitative estimate of drug-likeness (QED) is 0.498. The first-order valence-corrected chi connectivity index (χ1v) is 12.0. The second-order valence-corrected chi connectivity index (χ2v) is 9.34. The van der Waals surface area contributed by atoms with E-state index in [4.69, 9.17) is 9.47 Å². The highest BCUT2D eigenvalue weighted by molar-refractivity contribution is 7.92. The lowest BCUT2D eigenvalue weighted by Gasteiger charge is -2.26. The molecule has 0 spiro atoms. The van der Waals surface area contributed by atoms with E-state index in [0.717, 1.165) is 15.4 Å². The van der Waals surface area contributed by atoms with Gasteiger partial charge in [0.15, 0.2) is 0 Å².